The van der Waals surface area contributed by atoms with E-state index in [9.17, 15) is 0 Å². The van der Waals surface area contributed by atoms with Crippen LogP contribution in [0.1, 0.15) is 27.7 Å². The second-order valence-electron chi connectivity index (χ2n) is 2.85. The summed E-state index contributed by atoms with van der Waals surface area (Å²) in [6.07, 6.45) is 0. The fraction of sp³-hybridized carbons (Fsp3) is 1.00. The number of hydrogen-bond donors (Lipinski definition) is 0. The van der Waals surface area contributed by atoms with E-state index in [0.29, 0.717) is 12.1 Å². The Kier molecular flexibility index (Phi) is 7.40. The molecule has 50 valence electrons. The molecule has 0 amide bonds. The molecular formula is C6H17BLiN. The topological polar surface area (TPSA) is 3.24 Å². The second kappa shape index (κ2) is 5.41. The quantitative estimate of drug-likeness (QED) is 0.465. The molecule has 0 atom stereocenters. The number of nitrogens with zero attached hydrogens (tertiary/aromatic N) is 1. The molecular weight excluding hydrogens is 104 g/mol. The monoisotopic (exact) mass is 121 g/mol. The van der Waals surface area contributed by atoms with Crippen molar-refractivity contribution in [3.05, 3.63) is 0 Å². The molecule has 3 heteroatoms. The molecule has 0 heterocycles. The molecule has 0 bridgehead atoms. The molecule has 0 aliphatic rings. The Labute approximate surface area is 71.8 Å². The first-order chi connectivity index (χ1) is 3.55. The van der Waals surface area contributed by atoms with Crippen LogP contribution < -0.4 is 0 Å². The maximum absolute atomic E-state index is 2.33. The van der Waals surface area contributed by atoms with Crippen molar-refractivity contribution in [3.63, 3.8) is 0 Å². The van der Waals surface area contributed by atoms with Crippen LogP contribution in [0.25, 0.3) is 0 Å². The third kappa shape index (κ3) is 5.09. The van der Waals surface area contributed by atoms with E-state index in [2.05, 4.69) is 40.5 Å². The van der Waals surface area contributed by atoms with Crippen molar-refractivity contribution < 1.29 is 0 Å². The molecule has 0 rings (SSSR count). The zero-order chi connectivity index (χ0) is 6.73. The Hall–Kier alpha value is 0.622. The SMILES string of the molecule is BN(C(C)C)C(C)C.[LiH]. The molecule has 0 fully saturated rings. The third-order valence-electron chi connectivity index (χ3n) is 1.63. The normalized spacial score (nSPS) is 10.6. The summed E-state index contributed by atoms with van der Waals surface area (Å²) in [5, 5.41) is 0. The van der Waals surface area contributed by atoms with Gasteiger partial charge >= 0.3 is 18.9 Å². The minimum atomic E-state index is 0. The van der Waals surface area contributed by atoms with Gasteiger partial charge in [0.2, 0.25) is 0 Å². The standard InChI is InChI=1S/C6H16BN.Li.H/c1-5(2)8(7)6(3)4;;/h5-6H,7H2,1-4H3;;. The van der Waals surface area contributed by atoms with Crippen LogP contribution in [0, 0.1) is 0 Å². The number of hydrogen-bond acceptors (Lipinski definition) is 1. The van der Waals surface area contributed by atoms with Gasteiger partial charge < -0.3 is 4.81 Å². The van der Waals surface area contributed by atoms with Crippen LogP contribution in [-0.2, 0) is 0 Å². The van der Waals surface area contributed by atoms with Crippen LogP contribution in [0.4, 0.5) is 0 Å². The third-order valence-corrected chi connectivity index (χ3v) is 1.63. The molecule has 9 heavy (non-hydrogen) atoms. The number of rotatable bonds is 2. The summed E-state index contributed by atoms with van der Waals surface area (Å²) in [4.78, 5) is 2.33. The molecule has 0 radical (unpaired) electrons. The first-order valence-corrected chi connectivity index (χ1v) is 3.27. The summed E-state index contributed by atoms with van der Waals surface area (Å²) in [7, 11) is 2.15. The van der Waals surface area contributed by atoms with Crippen LogP contribution in [-0.4, -0.2) is 43.7 Å². The van der Waals surface area contributed by atoms with E-state index in [0.717, 1.165) is 0 Å². The summed E-state index contributed by atoms with van der Waals surface area (Å²) >= 11 is 0. The molecule has 0 aromatic carbocycles. The van der Waals surface area contributed by atoms with Gasteiger partial charge in [-0.2, -0.15) is 0 Å². The van der Waals surface area contributed by atoms with E-state index in [1.165, 1.54) is 0 Å². The fourth-order valence-corrected chi connectivity index (χ4v) is 0.596. The molecule has 0 N–H and O–H groups in total. The zero-order valence-corrected chi connectivity index (χ0v) is 6.60. The predicted octanol–water partition coefficient (Wildman–Crippen LogP) is 0.00480. The Bertz CT molecular complexity index is 58.1. The zero-order valence-electron chi connectivity index (χ0n) is 6.60. The first kappa shape index (κ1) is 12.3. The van der Waals surface area contributed by atoms with Gasteiger partial charge in [0.25, 0.3) is 0 Å². The summed E-state index contributed by atoms with van der Waals surface area (Å²) in [5.74, 6) is 0. The van der Waals surface area contributed by atoms with Crippen LogP contribution >= 0.6 is 0 Å². The van der Waals surface area contributed by atoms with E-state index in [1.807, 2.05) is 0 Å². The maximum atomic E-state index is 2.33. The first-order valence-electron chi connectivity index (χ1n) is 3.27. The summed E-state index contributed by atoms with van der Waals surface area (Å²) in [6.45, 7) is 8.83. The van der Waals surface area contributed by atoms with Crippen molar-refractivity contribution in [2.45, 2.75) is 39.8 Å². The van der Waals surface area contributed by atoms with Gasteiger partial charge in [0, 0.05) is 0 Å². The average molecular weight is 121 g/mol. The van der Waals surface area contributed by atoms with Crippen molar-refractivity contribution in [2.24, 2.45) is 0 Å². The van der Waals surface area contributed by atoms with Gasteiger partial charge in [-0.1, -0.05) is 27.7 Å². The second-order valence-corrected chi connectivity index (χ2v) is 2.85. The van der Waals surface area contributed by atoms with Crippen LogP contribution in [0.15, 0.2) is 0 Å². The van der Waals surface area contributed by atoms with Crippen LogP contribution in [0.3, 0.4) is 0 Å². The Balaban J connectivity index is 0. The Morgan fingerprint density at radius 1 is 1.00 bits per heavy atom. The van der Waals surface area contributed by atoms with Gasteiger partial charge in [-0.05, 0) is 12.1 Å². The predicted molar refractivity (Wildman–Crippen MR) is 47.8 cm³/mol. The van der Waals surface area contributed by atoms with Crippen molar-refractivity contribution in [3.8, 4) is 0 Å². The van der Waals surface area contributed by atoms with E-state index in [4.69, 9.17) is 0 Å². The van der Waals surface area contributed by atoms with Crippen molar-refractivity contribution in [2.75, 3.05) is 0 Å². The molecule has 1 nitrogen and oxygen atoms in total. The van der Waals surface area contributed by atoms with Gasteiger partial charge in [0.05, 0.1) is 0 Å². The molecule has 0 spiro atoms. The van der Waals surface area contributed by atoms with Gasteiger partial charge in [0.15, 0.2) is 7.98 Å². The molecule has 0 saturated heterocycles. The van der Waals surface area contributed by atoms with Crippen molar-refractivity contribution in [1.82, 2.24) is 4.81 Å². The van der Waals surface area contributed by atoms with E-state index >= 15 is 0 Å². The average Bonchev–Trinajstić information content (AvgIpc) is 1.64. The van der Waals surface area contributed by atoms with Gasteiger partial charge in [-0.3, -0.25) is 0 Å². The van der Waals surface area contributed by atoms with E-state index in [1.54, 1.807) is 0 Å². The van der Waals surface area contributed by atoms with E-state index in [-0.39, 0.29) is 18.9 Å². The molecule has 0 saturated carbocycles. The van der Waals surface area contributed by atoms with Gasteiger partial charge in [0.1, 0.15) is 0 Å². The van der Waals surface area contributed by atoms with Crippen molar-refractivity contribution >= 4 is 26.8 Å². The molecule has 0 aromatic rings. The van der Waals surface area contributed by atoms with E-state index < -0.39 is 0 Å². The Morgan fingerprint density at radius 2 is 1.22 bits per heavy atom. The van der Waals surface area contributed by atoms with Crippen LogP contribution in [0.2, 0.25) is 0 Å². The van der Waals surface area contributed by atoms with Gasteiger partial charge in [-0.25, -0.2) is 0 Å². The summed E-state index contributed by atoms with van der Waals surface area (Å²) in [5.41, 5.74) is 0. The molecule has 0 aliphatic heterocycles. The molecule has 0 aliphatic carbocycles. The minimum absolute atomic E-state index is 0. The molecule has 0 aromatic heterocycles. The fourth-order valence-electron chi connectivity index (χ4n) is 0.596. The van der Waals surface area contributed by atoms with Crippen LogP contribution in [0.5, 0.6) is 0 Å². The Morgan fingerprint density at radius 3 is 1.22 bits per heavy atom. The van der Waals surface area contributed by atoms with Gasteiger partial charge in [-0.15, -0.1) is 0 Å². The summed E-state index contributed by atoms with van der Waals surface area (Å²) in [6, 6.07) is 1.35. The van der Waals surface area contributed by atoms with Crippen molar-refractivity contribution in [1.29, 1.82) is 0 Å². The summed E-state index contributed by atoms with van der Waals surface area (Å²) < 4.78 is 0. The molecule has 0 unspecified atom stereocenters.